The lowest BCUT2D eigenvalue weighted by Crippen LogP contribution is -2.28. The van der Waals surface area contributed by atoms with E-state index >= 15 is 0 Å². The Hall–Kier alpha value is -1.83. The number of benzene rings is 1. The van der Waals surface area contributed by atoms with Crippen LogP contribution in [0, 0.1) is 25.2 Å². The van der Waals surface area contributed by atoms with Crippen LogP contribution in [-0.2, 0) is 4.79 Å². The molecule has 0 heterocycles. The summed E-state index contributed by atoms with van der Waals surface area (Å²) in [5.74, 6) is -3.81. The van der Waals surface area contributed by atoms with Gasteiger partial charge in [0.05, 0.1) is 6.07 Å². The first kappa shape index (κ1) is 13.2. The SMILES string of the molecule is Cc1ccc(C(C#N)C(=O)C(F)(F)F)cc1C. The zero-order chi connectivity index (χ0) is 13.2. The smallest absolute Gasteiger partial charge is 0.288 e. The van der Waals surface area contributed by atoms with Gasteiger partial charge in [0.15, 0.2) is 0 Å². The molecule has 2 nitrogen and oxygen atoms in total. The third kappa shape index (κ3) is 2.84. The second-order valence-electron chi connectivity index (χ2n) is 3.77. The van der Waals surface area contributed by atoms with Gasteiger partial charge in [-0.1, -0.05) is 18.2 Å². The van der Waals surface area contributed by atoms with Crippen LogP contribution < -0.4 is 0 Å². The maximum atomic E-state index is 12.3. The molecule has 0 aromatic heterocycles. The van der Waals surface area contributed by atoms with Gasteiger partial charge >= 0.3 is 6.18 Å². The van der Waals surface area contributed by atoms with Crippen LogP contribution in [-0.4, -0.2) is 12.0 Å². The Morgan fingerprint density at radius 2 is 1.88 bits per heavy atom. The summed E-state index contributed by atoms with van der Waals surface area (Å²) < 4.78 is 36.8. The molecule has 1 rings (SSSR count). The molecule has 1 atom stereocenters. The van der Waals surface area contributed by atoms with Gasteiger partial charge in [0, 0.05) is 0 Å². The maximum absolute atomic E-state index is 12.3. The standard InChI is InChI=1S/C12H10F3NO/c1-7-3-4-9(5-8(7)2)10(6-16)11(17)12(13,14)15/h3-5,10H,1-2H3. The van der Waals surface area contributed by atoms with E-state index in [-0.39, 0.29) is 5.56 Å². The largest absolute Gasteiger partial charge is 0.451 e. The average Bonchev–Trinajstić information content (AvgIpc) is 2.23. The molecule has 0 aliphatic heterocycles. The van der Waals surface area contributed by atoms with Gasteiger partial charge in [0.25, 0.3) is 5.78 Å². The molecule has 0 aliphatic carbocycles. The number of carbonyl (C=O) groups is 1. The van der Waals surface area contributed by atoms with Crippen molar-refractivity contribution in [1.82, 2.24) is 0 Å². The number of carbonyl (C=O) groups excluding carboxylic acids is 1. The Kier molecular flexibility index (Phi) is 3.56. The molecule has 0 aliphatic rings. The molecule has 0 amide bonds. The molecule has 0 spiro atoms. The fraction of sp³-hybridized carbons (Fsp3) is 0.333. The van der Waals surface area contributed by atoms with Gasteiger partial charge in [-0.3, -0.25) is 4.79 Å². The topological polar surface area (TPSA) is 40.9 Å². The summed E-state index contributed by atoms with van der Waals surface area (Å²) in [5.41, 5.74) is 1.72. The van der Waals surface area contributed by atoms with Gasteiger partial charge in [-0.05, 0) is 30.5 Å². The predicted octanol–water partition coefficient (Wildman–Crippen LogP) is 3.04. The highest BCUT2D eigenvalue weighted by Gasteiger charge is 2.44. The first-order chi connectivity index (χ1) is 7.77. The zero-order valence-electron chi connectivity index (χ0n) is 9.30. The highest BCUT2D eigenvalue weighted by Crippen LogP contribution is 2.28. The lowest BCUT2D eigenvalue weighted by Gasteiger charge is -2.12. The summed E-state index contributed by atoms with van der Waals surface area (Å²) in [6.07, 6.45) is -4.99. The fourth-order valence-corrected chi connectivity index (χ4v) is 1.39. The molecule has 0 N–H and O–H groups in total. The zero-order valence-corrected chi connectivity index (χ0v) is 9.30. The lowest BCUT2D eigenvalue weighted by atomic mass is 9.93. The van der Waals surface area contributed by atoms with E-state index in [1.807, 2.05) is 0 Å². The quantitative estimate of drug-likeness (QED) is 0.798. The normalized spacial score (nSPS) is 12.9. The number of hydrogen-bond acceptors (Lipinski definition) is 2. The molecule has 0 saturated heterocycles. The Balaban J connectivity index is 3.16. The van der Waals surface area contributed by atoms with Crippen LogP contribution in [0.1, 0.15) is 22.6 Å². The van der Waals surface area contributed by atoms with Crippen LogP contribution in [0.5, 0.6) is 0 Å². The van der Waals surface area contributed by atoms with E-state index in [9.17, 15) is 18.0 Å². The van der Waals surface area contributed by atoms with Gasteiger partial charge in [-0.25, -0.2) is 0 Å². The second kappa shape index (κ2) is 4.58. The minimum absolute atomic E-state index is 0.0814. The number of alkyl halides is 3. The van der Waals surface area contributed by atoms with Crippen molar-refractivity contribution in [3.05, 3.63) is 34.9 Å². The predicted molar refractivity (Wildman–Crippen MR) is 55.3 cm³/mol. The van der Waals surface area contributed by atoms with E-state index in [0.29, 0.717) is 0 Å². The Morgan fingerprint density at radius 3 is 2.29 bits per heavy atom. The van der Waals surface area contributed by atoms with Crippen LogP contribution in [0.2, 0.25) is 0 Å². The van der Waals surface area contributed by atoms with Crippen molar-refractivity contribution >= 4 is 5.78 Å². The summed E-state index contributed by atoms with van der Waals surface area (Å²) in [5, 5.41) is 8.70. The van der Waals surface area contributed by atoms with Crippen molar-refractivity contribution in [1.29, 1.82) is 5.26 Å². The lowest BCUT2D eigenvalue weighted by molar-refractivity contribution is -0.171. The fourth-order valence-electron chi connectivity index (χ4n) is 1.39. The van der Waals surface area contributed by atoms with Crippen molar-refractivity contribution < 1.29 is 18.0 Å². The minimum atomic E-state index is -4.99. The number of ketones is 1. The number of nitriles is 1. The van der Waals surface area contributed by atoms with E-state index in [1.54, 1.807) is 19.9 Å². The Labute approximate surface area is 96.7 Å². The summed E-state index contributed by atoms with van der Waals surface area (Å²) in [7, 11) is 0. The van der Waals surface area contributed by atoms with Crippen molar-refractivity contribution in [2.24, 2.45) is 0 Å². The third-order valence-corrected chi connectivity index (χ3v) is 2.53. The van der Waals surface area contributed by atoms with Gasteiger partial charge < -0.3 is 0 Å². The highest BCUT2D eigenvalue weighted by molar-refractivity contribution is 5.92. The minimum Gasteiger partial charge on any atom is -0.288 e. The second-order valence-corrected chi connectivity index (χ2v) is 3.77. The highest BCUT2D eigenvalue weighted by atomic mass is 19.4. The van der Waals surface area contributed by atoms with Gasteiger partial charge in [-0.15, -0.1) is 0 Å². The molecule has 0 fully saturated rings. The molecular weight excluding hydrogens is 231 g/mol. The number of halogens is 3. The van der Waals surface area contributed by atoms with Crippen LogP contribution in [0.3, 0.4) is 0 Å². The Bertz CT molecular complexity index is 486. The van der Waals surface area contributed by atoms with Gasteiger partial charge in [-0.2, -0.15) is 18.4 Å². The summed E-state index contributed by atoms with van der Waals surface area (Å²) in [6.45, 7) is 3.51. The number of aryl methyl sites for hydroxylation is 2. The molecule has 90 valence electrons. The summed E-state index contributed by atoms with van der Waals surface area (Å²) in [6, 6.07) is 5.81. The van der Waals surface area contributed by atoms with E-state index in [2.05, 4.69) is 0 Å². The monoisotopic (exact) mass is 241 g/mol. The molecule has 1 unspecified atom stereocenters. The van der Waals surface area contributed by atoms with Gasteiger partial charge in [0.1, 0.15) is 5.92 Å². The molecule has 5 heteroatoms. The first-order valence-corrected chi connectivity index (χ1v) is 4.85. The van der Waals surface area contributed by atoms with E-state index in [4.69, 9.17) is 5.26 Å². The van der Waals surface area contributed by atoms with Crippen LogP contribution in [0.4, 0.5) is 13.2 Å². The average molecular weight is 241 g/mol. The molecule has 0 radical (unpaired) electrons. The summed E-state index contributed by atoms with van der Waals surface area (Å²) >= 11 is 0. The molecule has 0 bridgehead atoms. The van der Waals surface area contributed by atoms with Crippen molar-refractivity contribution in [3.63, 3.8) is 0 Å². The van der Waals surface area contributed by atoms with E-state index in [0.717, 1.165) is 11.1 Å². The van der Waals surface area contributed by atoms with Gasteiger partial charge in [0.2, 0.25) is 0 Å². The van der Waals surface area contributed by atoms with Crippen molar-refractivity contribution in [3.8, 4) is 6.07 Å². The molecule has 0 saturated carbocycles. The number of hydrogen-bond donors (Lipinski definition) is 0. The van der Waals surface area contributed by atoms with Crippen molar-refractivity contribution in [2.75, 3.05) is 0 Å². The molecule has 17 heavy (non-hydrogen) atoms. The maximum Gasteiger partial charge on any atom is 0.451 e. The summed E-state index contributed by atoms with van der Waals surface area (Å²) in [4.78, 5) is 11.0. The molecular formula is C12H10F3NO. The van der Waals surface area contributed by atoms with Crippen LogP contribution >= 0.6 is 0 Å². The number of rotatable bonds is 2. The van der Waals surface area contributed by atoms with Crippen LogP contribution in [0.25, 0.3) is 0 Å². The third-order valence-electron chi connectivity index (χ3n) is 2.53. The molecule has 1 aromatic rings. The Morgan fingerprint density at radius 1 is 1.29 bits per heavy atom. The van der Waals surface area contributed by atoms with E-state index < -0.39 is 17.9 Å². The van der Waals surface area contributed by atoms with Crippen LogP contribution in [0.15, 0.2) is 18.2 Å². The molecule has 1 aromatic carbocycles. The number of Topliss-reactive ketones (excluding diaryl/α,β-unsaturated/α-hetero) is 1. The van der Waals surface area contributed by atoms with Crippen molar-refractivity contribution in [2.45, 2.75) is 25.9 Å². The number of nitrogens with zero attached hydrogens (tertiary/aromatic N) is 1. The van der Waals surface area contributed by atoms with E-state index in [1.165, 1.54) is 18.2 Å². The first-order valence-electron chi connectivity index (χ1n) is 4.85.